The minimum Gasteiger partial charge on any atom is -0.304 e. The minimum atomic E-state index is 0.0557. The normalized spacial score (nSPS) is 14.3. The van der Waals surface area contributed by atoms with E-state index in [0.717, 1.165) is 46.4 Å². The minimum absolute atomic E-state index is 0.0557. The number of Topliss-reactive ketones (excluding diaryl/α,β-unsaturated/α-hetero) is 1. The molecule has 1 atom stereocenters. The Hall–Kier alpha value is -3.09. The van der Waals surface area contributed by atoms with Gasteiger partial charge in [0.15, 0.2) is 5.78 Å². The number of benzene rings is 2. The van der Waals surface area contributed by atoms with Gasteiger partial charge in [-0.1, -0.05) is 43.3 Å². The summed E-state index contributed by atoms with van der Waals surface area (Å²) >= 11 is 1.67. The van der Waals surface area contributed by atoms with Crippen molar-refractivity contribution in [2.75, 3.05) is 6.54 Å². The van der Waals surface area contributed by atoms with Crippen LogP contribution in [0.4, 0.5) is 0 Å². The van der Waals surface area contributed by atoms with E-state index in [1.165, 1.54) is 18.4 Å². The molecule has 0 bridgehead atoms. The standard InChI is InChI=1S/C28H30N4OS/c1-3-20-6-5-9-24(16-20)32-25(14-19(2)31-32)26(33)17-22-7-4-8-23(15-22)27(28-29-12-13-34-28)30-18-21-10-11-21/h4-9,12-16,21,27,30H,3,10-11,17-18H2,1-2H3. The molecular weight excluding hydrogens is 440 g/mol. The third kappa shape index (κ3) is 5.18. The molecule has 1 N–H and O–H groups in total. The molecule has 34 heavy (non-hydrogen) atoms. The first-order valence-corrected chi connectivity index (χ1v) is 12.9. The second-order valence-corrected chi connectivity index (χ2v) is 10.0. The fourth-order valence-corrected chi connectivity index (χ4v) is 5.03. The van der Waals surface area contributed by atoms with Crippen LogP contribution < -0.4 is 5.32 Å². The van der Waals surface area contributed by atoms with Gasteiger partial charge in [0, 0.05) is 18.0 Å². The summed E-state index contributed by atoms with van der Waals surface area (Å²) in [7, 11) is 0. The molecule has 5 rings (SSSR count). The van der Waals surface area contributed by atoms with Gasteiger partial charge >= 0.3 is 0 Å². The summed E-state index contributed by atoms with van der Waals surface area (Å²) in [6.07, 6.45) is 5.75. The lowest BCUT2D eigenvalue weighted by molar-refractivity contribution is 0.0985. The predicted octanol–water partition coefficient (Wildman–Crippen LogP) is 5.71. The van der Waals surface area contributed by atoms with E-state index in [4.69, 9.17) is 0 Å². The summed E-state index contributed by atoms with van der Waals surface area (Å²) in [6, 6.07) is 18.5. The van der Waals surface area contributed by atoms with Gasteiger partial charge in [-0.2, -0.15) is 5.10 Å². The summed E-state index contributed by atoms with van der Waals surface area (Å²) in [5, 5.41) is 11.4. The lowest BCUT2D eigenvalue weighted by atomic mass is 10.00. The molecule has 1 saturated carbocycles. The van der Waals surface area contributed by atoms with E-state index in [0.29, 0.717) is 12.1 Å². The quantitative estimate of drug-likeness (QED) is 0.301. The molecule has 174 valence electrons. The van der Waals surface area contributed by atoms with Gasteiger partial charge in [0.25, 0.3) is 0 Å². The molecule has 2 aromatic heterocycles. The van der Waals surface area contributed by atoms with Crippen molar-refractivity contribution in [1.82, 2.24) is 20.1 Å². The molecule has 1 aliphatic carbocycles. The fourth-order valence-electron chi connectivity index (χ4n) is 4.29. The van der Waals surface area contributed by atoms with Crippen molar-refractivity contribution in [2.45, 2.75) is 45.6 Å². The number of aryl methyl sites for hydroxylation is 2. The van der Waals surface area contributed by atoms with E-state index < -0.39 is 0 Å². The number of carbonyl (C=O) groups excluding carboxylic acids is 1. The van der Waals surface area contributed by atoms with Gasteiger partial charge in [0.2, 0.25) is 0 Å². The number of aromatic nitrogens is 3. The Bertz CT molecular complexity index is 1270. The number of hydrogen-bond donors (Lipinski definition) is 1. The third-order valence-electron chi connectivity index (χ3n) is 6.34. The molecular formula is C28H30N4OS. The first kappa shape index (κ1) is 22.7. The van der Waals surface area contributed by atoms with Crippen LogP contribution in [0.2, 0.25) is 0 Å². The highest BCUT2D eigenvalue weighted by Crippen LogP contribution is 2.31. The summed E-state index contributed by atoms with van der Waals surface area (Å²) in [5.74, 6) is 0.846. The van der Waals surface area contributed by atoms with Crippen LogP contribution >= 0.6 is 11.3 Å². The maximum Gasteiger partial charge on any atom is 0.185 e. The molecule has 2 heterocycles. The van der Waals surface area contributed by atoms with Crippen molar-refractivity contribution in [3.63, 3.8) is 0 Å². The SMILES string of the molecule is CCc1cccc(-n2nc(C)cc2C(=O)Cc2cccc(C(NCC3CC3)c3nccs3)c2)c1. The van der Waals surface area contributed by atoms with Gasteiger partial charge in [-0.15, -0.1) is 11.3 Å². The summed E-state index contributed by atoms with van der Waals surface area (Å²) in [4.78, 5) is 18.0. The second-order valence-electron chi connectivity index (χ2n) is 9.11. The van der Waals surface area contributed by atoms with Crippen LogP contribution in [-0.4, -0.2) is 27.1 Å². The molecule has 0 spiro atoms. The first-order chi connectivity index (χ1) is 16.6. The van der Waals surface area contributed by atoms with E-state index in [9.17, 15) is 4.79 Å². The number of nitrogens with zero attached hydrogens (tertiary/aromatic N) is 3. The van der Waals surface area contributed by atoms with Gasteiger partial charge in [0.1, 0.15) is 10.7 Å². The van der Waals surface area contributed by atoms with E-state index in [1.54, 1.807) is 16.0 Å². The molecule has 0 saturated heterocycles. The Morgan fingerprint density at radius 1 is 1.15 bits per heavy atom. The van der Waals surface area contributed by atoms with Crippen LogP contribution in [0.3, 0.4) is 0 Å². The largest absolute Gasteiger partial charge is 0.304 e. The zero-order valence-corrected chi connectivity index (χ0v) is 20.5. The molecule has 4 aromatic rings. The number of rotatable bonds is 10. The van der Waals surface area contributed by atoms with Crippen LogP contribution in [0, 0.1) is 12.8 Å². The Morgan fingerprint density at radius 2 is 1.97 bits per heavy atom. The Labute approximate surface area is 204 Å². The van der Waals surface area contributed by atoms with Crippen LogP contribution in [0.25, 0.3) is 5.69 Å². The van der Waals surface area contributed by atoms with Gasteiger partial charge in [-0.3, -0.25) is 4.79 Å². The van der Waals surface area contributed by atoms with Crippen LogP contribution in [-0.2, 0) is 12.8 Å². The van der Waals surface area contributed by atoms with Crippen LogP contribution in [0.1, 0.15) is 63.7 Å². The molecule has 0 amide bonds. The molecule has 0 radical (unpaired) electrons. The number of ketones is 1. The van der Waals surface area contributed by atoms with E-state index in [-0.39, 0.29) is 11.8 Å². The number of nitrogens with one attached hydrogen (secondary N) is 1. The van der Waals surface area contributed by atoms with Gasteiger partial charge in [-0.05, 0) is 73.5 Å². The topological polar surface area (TPSA) is 59.8 Å². The zero-order valence-electron chi connectivity index (χ0n) is 19.7. The molecule has 2 aromatic carbocycles. The zero-order chi connectivity index (χ0) is 23.5. The maximum atomic E-state index is 13.4. The Balaban J connectivity index is 1.39. The molecule has 6 heteroatoms. The molecule has 1 fully saturated rings. The third-order valence-corrected chi connectivity index (χ3v) is 7.18. The van der Waals surface area contributed by atoms with Gasteiger partial charge in [0.05, 0.1) is 17.4 Å². The molecule has 5 nitrogen and oxygen atoms in total. The number of carbonyl (C=O) groups is 1. The van der Waals surface area contributed by atoms with Crippen LogP contribution in [0.5, 0.6) is 0 Å². The summed E-state index contributed by atoms with van der Waals surface area (Å²) in [6.45, 7) is 5.06. The fraction of sp³-hybridized carbons (Fsp3) is 0.321. The lowest BCUT2D eigenvalue weighted by Crippen LogP contribution is -2.24. The highest BCUT2D eigenvalue weighted by Gasteiger charge is 2.25. The highest BCUT2D eigenvalue weighted by atomic mass is 32.1. The van der Waals surface area contributed by atoms with Crippen molar-refractivity contribution in [3.05, 3.63) is 99.3 Å². The first-order valence-electron chi connectivity index (χ1n) is 12.0. The van der Waals surface area contributed by atoms with E-state index >= 15 is 0 Å². The van der Waals surface area contributed by atoms with Crippen molar-refractivity contribution in [3.8, 4) is 5.69 Å². The van der Waals surface area contributed by atoms with Crippen molar-refractivity contribution in [1.29, 1.82) is 0 Å². The van der Waals surface area contributed by atoms with Crippen molar-refractivity contribution < 1.29 is 4.79 Å². The maximum absolute atomic E-state index is 13.4. The predicted molar refractivity (Wildman–Crippen MR) is 137 cm³/mol. The van der Waals surface area contributed by atoms with E-state index in [1.807, 2.05) is 48.8 Å². The average Bonchev–Trinajstić information content (AvgIpc) is 3.35. The average molecular weight is 471 g/mol. The Morgan fingerprint density at radius 3 is 2.74 bits per heavy atom. The molecule has 0 aliphatic heterocycles. The summed E-state index contributed by atoms with van der Waals surface area (Å²) < 4.78 is 1.79. The lowest BCUT2D eigenvalue weighted by Gasteiger charge is -2.18. The van der Waals surface area contributed by atoms with Crippen molar-refractivity contribution in [2.24, 2.45) is 5.92 Å². The number of thiazole rings is 1. The molecule has 1 unspecified atom stereocenters. The van der Waals surface area contributed by atoms with Gasteiger partial charge in [-0.25, -0.2) is 9.67 Å². The smallest absolute Gasteiger partial charge is 0.185 e. The molecule has 1 aliphatic rings. The van der Waals surface area contributed by atoms with Gasteiger partial charge < -0.3 is 5.32 Å². The summed E-state index contributed by atoms with van der Waals surface area (Å²) in [5.41, 5.74) is 5.78. The number of hydrogen-bond acceptors (Lipinski definition) is 5. The van der Waals surface area contributed by atoms with Crippen LogP contribution in [0.15, 0.2) is 66.2 Å². The Kier molecular flexibility index (Phi) is 6.70. The van der Waals surface area contributed by atoms with Crippen molar-refractivity contribution >= 4 is 17.1 Å². The monoisotopic (exact) mass is 470 g/mol. The highest BCUT2D eigenvalue weighted by molar-refractivity contribution is 7.09. The van der Waals surface area contributed by atoms with E-state index in [2.05, 4.69) is 46.6 Å². The second kappa shape index (κ2) is 10.0.